The summed E-state index contributed by atoms with van der Waals surface area (Å²) in [5.74, 6) is -0.0575. The van der Waals surface area contributed by atoms with Gasteiger partial charge in [-0.05, 0) is 12.0 Å². The Morgan fingerprint density at radius 3 is 2.44 bits per heavy atom. The van der Waals surface area contributed by atoms with E-state index in [2.05, 4.69) is 0 Å². The number of hydrogen-bond donors (Lipinski definition) is 0. The summed E-state index contributed by atoms with van der Waals surface area (Å²) < 4.78 is 23.5. The molecule has 0 aliphatic rings. The van der Waals surface area contributed by atoms with E-state index in [1.54, 1.807) is 6.07 Å². The molecule has 0 bridgehead atoms. The molecule has 0 amide bonds. The average molecular weight is 226 g/mol. The summed E-state index contributed by atoms with van der Waals surface area (Å²) in [6.45, 7) is 1.88. The summed E-state index contributed by atoms with van der Waals surface area (Å²) in [6, 6.07) is 2.93. The van der Waals surface area contributed by atoms with Gasteiger partial charge >= 0.3 is 0 Å². The molecule has 0 N–H and O–H groups in total. The van der Waals surface area contributed by atoms with Gasteiger partial charge in [0.05, 0.1) is 14.2 Å². The first kappa shape index (κ1) is 12.5. The Morgan fingerprint density at radius 2 is 1.94 bits per heavy atom. The number of benzene rings is 1. The molecule has 0 aromatic heterocycles. The molecule has 0 fully saturated rings. The second-order valence-electron chi connectivity index (χ2n) is 3.51. The van der Waals surface area contributed by atoms with Gasteiger partial charge in [-0.2, -0.15) is 0 Å². The summed E-state index contributed by atoms with van der Waals surface area (Å²) >= 11 is 0. The van der Waals surface area contributed by atoms with E-state index >= 15 is 0 Å². The number of methoxy groups -OCH3 is 2. The topological polar surface area (TPSA) is 35.5 Å². The smallest absolute Gasteiger partial charge is 0.197 e. The van der Waals surface area contributed by atoms with E-state index in [1.165, 1.54) is 20.3 Å². The third kappa shape index (κ3) is 2.32. The number of rotatable bonds is 5. The number of hydrogen-bond acceptors (Lipinski definition) is 3. The van der Waals surface area contributed by atoms with Gasteiger partial charge in [0.25, 0.3) is 0 Å². The quantitative estimate of drug-likeness (QED) is 0.724. The maximum atomic E-state index is 13.4. The van der Waals surface area contributed by atoms with Gasteiger partial charge in [-0.15, -0.1) is 0 Å². The van der Waals surface area contributed by atoms with Crippen LogP contribution in [0.15, 0.2) is 12.1 Å². The Kier molecular flexibility index (Phi) is 4.28. The van der Waals surface area contributed by atoms with Crippen molar-refractivity contribution in [3.05, 3.63) is 23.5 Å². The summed E-state index contributed by atoms with van der Waals surface area (Å²) in [6.07, 6.45) is 1.20. The van der Waals surface area contributed by atoms with Gasteiger partial charge in [0, 0.05) is 12.0 Å². The summed E-state index contributed by atoms with van der Waals surface area (Å²) in [4.78, 5) is 10.5. The van der Waals surface area contributed by atoms with Crippen molar-refractivity contribution in [3.8, 4) is 11.5 Å². The number of carbonyl (C=O) groups is 1. The van der Waals surface area contributed by atoms with Gasteiger partial charge in [-0.1, -0.05) is 13.0 Å². The van der Waals surface area contributed by atoms with Crippen molar-refractivity contribution >= 4 is 6.29 Å². The molecule has 4 heteroatoms. The number of ether oxygens (including phenoxy) is 2. The molecule has 88 valence electrons. The maximum absolute atomic E-state index is 13.4. The highest BCUT2D eigenvalue weighted by molar-refractivity contribution is 5.55. The SMILES string of the molecule is COc1c(F)ccc(C(C)CC=O)c1OC. The first-order valence-electron chi connectivity index (χ1n) is 4.99. The Balaban J connectivity index is 3.23. The predicted octanol–water partition coefficient (Wildman–Crippen LogP) is 2.54. The fourth-order valence-electron chi connectivity index (χ4n) is 1.61. The summed E-state index contributed by atoms with van der Waals surface area (Å²) in [5, 5.41) is 0. The van der Waals surface area contributed by atoms with Crippen LogP contribution in [-0.4, -0.2) is 20.5 Å². The monoisotopic (exact) mass is 226 g/mol. The van der Waals surface area contributed by atoms with E-state index in [9.17, 15) is 9.18 Å². The van der Waals surface area contributed by atoms with Gasteiger partial charge in [-0.25, -0.2) is 4.39 Å². The molecule has 0 heterocycles. The molecule has 3 nitrogen and oxygen atoms in total. The van der Waals surface area contributed by atoms with Gasteiger partial charge in [0.2, 0.25) is 0 Å². The van der Waals surface area contributed by atoms with Gasteiger partial charge < -0.3 is 14.3 Å². The second-order valence-corrected chi connectivity index (χ2v) is 3.51. The van der Waals surface area contributed by atoms with Crippen molar-refractivity contribution in [1.82, 2.24) is 0 Å². The van der Waals surface area contributed by atoms with E-state index < -0.39 is 5.82 Å². The molecule has 1 rings (SSSR count). The second kappa shape index (κ2) is 5.49. The summed E-state index contributed by atoms with van der Waals surface area (Å²) in [7, 11) is 2.84. The molecule has 0 saturated heterocycles. The van der Waals surface area contributed by atoms with Crippen LogP contribution in [0.4, 0.5) is 4.39 Å². The van der Waals surface area contributed by atoms with Crippen molar-refractivity contribution < 1.29 is 18.7 Å². The molecule has 0 aliphatic heterocycles. The first-order chi connectivity index (χ1) is 7.65. The van der Waals surface area contributed by atoms with Gasteiger partial charge in [0.1, 0.15) is 6.29 Å². The van der Waals surface area contributed by atoms with E-state index in [0.29, 0.717) is 12.2 Å². The molecular formula is C12H15FO3. The van der Waals surface area contributed by atoms with Crippen LogP contribution >= 0.6 is 0 Å². The molecule has 16 heavy (non-hydrogen) atoms. The van der Waals surface area contributed by atoms with Crippen LogP contribution < -0.4 is 9.47 Å². The molecule has 0 spiro atoms. The van der Waals surface area contributed by atoms with Crippen molar-refractivity contribution in [2.45, 2.75) is 19.3 Å². The van der Waals surface area contributed by atoms with Crippen LogP contribution in [0.3, 0.4) is 0 Å². The zero-order valence-electron chi connectivity index (χ0n) is 9.62. The van der Waals surface area contributed by atoms with E-state index in [4.69, 9.17) is 9.47 Å². The number of aldehydes is 1. The molecule has 1 aromatic carbocycles. The fraction of sp³-hybridized carbons (Fsp3) is 0.417. The van der Waals surface area contributed by atoms with Crippen molar-refractivity contribution in [2.75, 3.05) is 14.2 Å². The minimum absolute atomic E-state index is 0.0260. The molecule has 1 aromatic rings. The van der Waals surface area contributed by atoms with Crippen molar-refractivity contribution in [1.29, 1.82) is 0 Å². The maximum Gasteiger partial charge on any atom is 0.197 e. The lowest BCUT2D eigenvalue weighted by Crippen LogP contribution is -2.02. The van der Waals surface area contributed by atoms with Gasteiger partial charge in [0.15, 0.2) is 17.3 Å². The first-order valence-corrected chi connectivity index (χ1v) is 4.99. The van der Waals surface area contributed by atoms with Gasteiger partial charge in [-0.3, -0.25) is 0 Å². The normalized spacial score (nSPS) is 12.0. The Hall–Kier alpha value is -1.58. The van der Waals surface area contributed by atoms with Crippen molar-refractivity contribution in [3.63, 3.8) is 0 Å². The number of halogens is 1. The average Bonchev–Trinajstić information content (AvgIpc) is 2.28. The predicted molar refractivity (Wildman–Crippen MR) is 58.6 cm³/mol. The van der Waals surface area contributed by atoms with Crippen LogP contribution in [0, 0.1) is 5.82 Å². The van der Waals surface area contributed by atoms with Crippen LogP contribution in [0.5, 0.6) is 11.5 Å². The van der Waals surface area contributed by atoms with E-state index in [1.807, 2.05) is 6.92 Å². The van der Waals surface area contributed by atoms with Crippen LogP contribution in [-0.2, 0) is 4.79 Å². The lowest BCUT2D eigenvalue weighted by Gasteiger charge is -2.16. The standard InChI is InChI=1S/C12H15FO3/c1-8(6-7-14)9-4-5-10(13)12(16-3)11(9)15-2/h4-5,7-8H,6H2,1-3H3. The molecule has 0 radical (unpaired) electrons. The minimum Gasteiger partial charge on any atom is -0.492 e. The zero-order chi connectivity index (χ0) is 12.1. The highest BCUT2D eigenvalue weighted by Gasteiger charge is 2.18. The highest BCUT2D eigenvalue weighted by atomic mass is 19.1. The fourth-order valence-corrected chi connectivity index (χ4v) is 1.61. The third-order valence-electron chi connectivity index (χ3n) is 2.48. The highest BCUT2D eigenvalue weighted by Crippen LogP contribution is 2.38. The molecule has 0 saturated carbocycles. The van der Waals surface area contributed by atoms with Crippen LogP contribution in [0.1, 0.15) is 24.8 Å². The third-order valence-corrected chi connectivity index (χ3v) is 2.48. The minimum atomic E-state index is -0.471. The lowest BCUT2D eigenvalue weighted by molar-refractivity contribution is -0.108. The van der Waals surface area contributed by atoms with Crippen LogP contribution in [0.2, 0.25) is 0 Å². The Labute approximate surface area is 94.2 Å². The lowest BCUT2D eigenvalue weighted by atomic mass is 9.97. The van der Waals surface area contributed by atoms with E-state index in [0.717, 1.165) is 11.8 Å². The molecule has 1 atom stereocenters. The summed E-state index contributed by atoms with van der Waals surface area (Å²) in [5.41, 5.74) is 0.771. The molecule has 1 unspecified atom stereocenters. The number of carbonyl (C=O) groups excluding carboxylic acids is 1. The van der Waals surface area contributed by atoms with Crippen molar-refractivity contribution in [2.24, 2.45) is 0 Å². The molecule has 0 aliphatic carbocycles. The largest absolute Gasteiger partial charge is 0.492 e. The molecular weight excluding hydrogens is 211 g/mol. The Morgan fingerprint density at radius 1 is 1.31 bits per heavy atom. The zero-order valence-corrected chi connectivity index (χ0v) is 9.62. The van der Waals surface area contributed by atoms with Crippen LogP contribution in [0.25, 0.3) is 0 Å². The van der Waals surface area contributed by atoms with E-state index in [-0.39, 0.29) is 11.7 Å². The Bertz CT molecular complexity index is 377.